The Morgan fingerprint density at radius 3 is 2.17 bits per heavy atom. The summed E-state index contributed by atoms with van der Waals surface area (Å²) >= 11 is 0. The van der Waals surface area contributed by atoms with E-state index in [9.17, 15) is 30.4 Å². The van der Waals surface area contributed by atoms with Gasteiger partial charge in [0.2, 0.25) is 0 Å². The maximum Gasteiger partial charge on any atom is 0.499 e. The number of ether oxygens (including phenoxy) is 1. The van der Waals surface area contributed by atoms with Crippen molar-refractivity contribution >= 4 is 15.4 Å². The van der Waals surface area contributed by atoms with Gasteiger partial charge in [-0.3, -0.25) is 0 Å². The van der Waals surface area contributed by atoms with Crippen LogP contribution in [0.15, 0.2) is 30.3 Å². The number of hydrogen-bond acceptors (Lipinski definition) is 3. The lowest BCUT2D eigenvalue weighted by Crippen LogP contribution is -2.41. The van der Waals surface area contributed by atoms with Gasteiger partial charge in [0, 0.05) is 0 Å². The van der Waals surface area contributed by atoms with E-state index >= 15 is 0 Å². The molecule has 3 nitrogen and oxygen atoms in total. The predicted molar refractivity (Wildman–Crippen MR) is 76.4 cm³/mol. The zero-order chi connectivity index (χ0) is 17.8. The molecule has 132 valence electrons. The van der Waals surface area contributed by atoms with Crippen molar-refractivity contribution in [2.75, 3.05) is 0 Å². The molecule has 0 amide bonds. The van der Waals surface area contributed by atoms with Crippen molar-refractivity contribution in [1.29, 1.82) is 0 Å². The Morgan fingerprint density at radius 1 is 1.00 bits per heavy atom. The van der Waals surface area contributed by atoms with Crippen LogP contribution in [-0.2, 0) is 9.84 Å². The molecule has 1 saturated heterocycles. The quantitative estimate of drug-likeness (QED) is 0.759. The van der Waals surface area contributed by atoms with E-state index in [0.717, 1.165) is 17.7 Å². The summed E-state index contributed by atoms with van der Waals surface area (Å²) in [5.74, 6) is -0.618. The predicted octanol–water partition coefficient (Wildman–Crippen LogP) is 3.95. The number of allylic oxidation sites excluding steroid dienone is 1. The molecule has 9 heteroatoms. The van der Waals surface area contributed by atoms with Crippen LogP contribution in [0.1, 0.15) is 24.8 Å². The van der Waals surface area contributed by atoms with Gasteiger partial charge in [0.25, 0.3) is 0 Å². The van der Waals surface area contributed by atoms with E-state index in [4.69, 9.17) is 0 Å². The molecule has 0 aromatic heterocycles. The highest BCUT2D eigenvalue weighted by Crippen LogP contribution is 2.41. The van der Waals surface area contributed by atoms with Gasteiger partial charge in [-0.1, -0.05) is 18.2 Å². The minimum Gasteiger partial charge on any atom is -0.426 e. The normalized spacial score (nSPS) is 26.1. The molecule has 0 N–H and O–H groups in total. The maximum atomic E-state index is 12.8. The van der Waals surface area contributed by atoms with Gasteiger partial charge < -0.3 is 4.74 Å². The van der Waals surface area contributed by atoms with Crippen LogP contribution in [0, 0.1) is 0 Å². The summed E-state index contributed by atoms with van der Waals surface area (Å²) in [6, 6.07) is 4.73. The highest BCUT2D eigenvalue weighted by atomic mass is 32.2. The number of benzene rings is 1. The fourth-order valence-electron chi connectivity index (χ4n) is 3.02. The van der Waals surface area contributed by atoms with Gasteiger partial charge in [0.1, 0.15) is 5.75 Å². The molecule has 2 aliphatic heterocycles. The lowest BCUT2D eigenvalue weighted by Gasteiger charge is -2.22. The van der Waals surface area contributed by atoms with Gasteiger partial charge in [-0.15, -0.1) is 0 Å². The number of fused-ring (bicyclic) bond motifs is 2. The Hall–Kier alpha value is -1.64. The van der Waals surface area contributed by atoms with Gasteiger partial charge in [0.15, 0.2) is 9.84 Å². The number of halogens is 5. The van der Waals surface area contributed by atoms with Crippen molar-refractivity contribution in [3.63, 3.8) is 0 Å². The summed E-state index contributed by atoms with van der Waals surface area (Å²) in [6.07, 6.45) is -7.99. The summed E-state index contributed by atoms with van der Waals surface area (Å²) in [5.41, 5.74) is 1.34. The number of hydrogen-bond donors (Lipinski definition) is 0. The van der Waals surface area contributed by atoms with Crippen LogP contribution in [0.25, 0.3) is 5.57 Å². The molecule has 1 fully saturated rings. The Labute approximate surface area is 135 Å². The largest absolute Gasteiger partial charge is 0.499 e. The molecule has 2 atom stereocenters. The van der Waals surface area contributed by atoms with Crippen LogP contribution >= 0.6 is 0 Å². The smallest absolute Gasteiger partial charge is 0.426 e. The van der Waals surface area contributed by atoms with Gasteiger partial charge in [0.05, 0.1) is 10.5 Å². The van der Waals surface area contributed by atoms with E-state index in [1.807, 2.05) is 0 Å². The Morgan fingerprint density at radius 2 is 1.62 bits per heavy atom. The van der Waals surface area contributed by atoms with E-state index < -0.39 is 38.4 Å². The Balaban J connectivity index is 1.79. The molecule has 0 aliphatic carbocycles. The molecule has 2 bridgehead atoms. The molecular formula is C15H13F5O3S. The Bertz CT molecular complexity index is 765. The van der Waals surface area contributed by atoms with Crippen molar-refractivity contribution in [3.8, 4) is 5.75 Å². The first-order valence-electron chi connectivity index (χ1n) is 7.18. The lowest BCUT2D eigenvalue weighted by molar-refractivity contribution is -0.360. The van der Waals surface area contributed by atoms with Crippen molar-refractivity contribution in [1.82, 2.24) is 0 Å². The van der Waals surface area contributed by atoms with Crippen LogP contribution in [0.2, 0.25) is 0 Å². The first kappa shape index (κ1) is 17.2. The van der Waals surface area contributed by atoms with Crippen molar-refractivity contribution < 1.29 is 35.1 Å². The van der Waals surface area contributed by atoms with E-state index in [2.05, 4.69) is 4.74 Å². The van der Waals surface area contributed by atoms with E-state index in [1.165, 1.54) is 12.1 Å². The molecule has 2 heterocycles. The molecule has 0 radical (unpaired) electrons. The van der Waals surface area contributed by atoms with E-state index in [0.29, 0.717) is 24.8 Å². The fourth-order valence-corrected chi connectivity index (χ4v) is 5.21. The van der Waals surface area contributed by atoms with Crippen molar-refractivity contribution in [3.05, 3.63) is 35.9 Å². The van der Waals surface area contributed by atoms with Crippen LogP contribution in [0.3, 0.4) is 0 Å². The maximum absolute atomic E-state index is 12.8. The average Bonchev–Trinajstić information content (AvgIpc) is 2.65. The third-order valence-electron chi connectivity index (χ3n) is 4.30. The van der Waals surface area contributed by atoms with Crippen LogP contribution in [0.4, 0.5) is 22.0 Å². The fraction of sp³-hybridized carbons (Fsp3) is 0.467. The molecule has 0 spiro atoms. The minimum absolute atomic E-state index is 0.317. The number of alkyl halides is 5. The molecule has 2 aliphatic rings. The molecule has 24 heavy (non-hydrogen) atoms. The molecule has 1 aromatic rings. The first-order valence-corrected chi connectivity index (χ1v) is 8.79. The standard InChI is InChI=1S/C15H13F5O3S/c16-14(17,18)15(19,20)23-11-3-1-9(2-4-11)10-7-12-5-6-13(8-10)24(12,21)22/h1-4,7,12-13H,5-6,8H2. The second-order valence-electron chi connectivity index (χ2n) is 5.86. The second kappa shape index (κ2) is 5.44. The summed E-state index contributed by atoms with van der Waals surface area (Å²) in [4.78, 5) is 0. The molecule has 1 aromatic carbocycles. The lowest BCUT2D eigenvalue weighted by atomic mass is 10.0. The van der Waals surface area contributed by atoms with Crippen LogP contribution < -0.4 is 4.74 Å². The second-order valence-corrected chi connectivity index (χ2v) is 8.31. The van der Waals surface area contributed by atoms with E-state index in [1.54, 1.807) is 6.08 Å². The minimum atomic E-state index is -5.80. The number of rotatable bonds is 3. The van der Waals surface area contributed by atoms with Crippen molar-refractivity contribution in [2.24, 2.45) is 0 Å². The molecule has 0 saturated carbocycles. The Kier molecular flexibility index (Phi) is 3.89. The van der Waals surface area contributed by atoms with E-state index in [-0.39, 0.29) is 0 Å². The zero-order valence-electron chi connectivity index (χ0n) is 12.2. The molecular weight excluding hydrogens is 355 g/mol. The third-order valence-corrected chi connectivity index (χ3v) is 6.84. The summed E-state index contributed by atoms with van der Waals surface area (Å²) < 4.78 is 89.8. The van der Waals surface area contributed by atoms with Gasteiger partial charge >= 0.3 is 12.3 Å². The van der Waals surface area contributed by atoms with Crippen LogP contribution in [-0.4, -0.2) is 31.2 Å². The van der Waals surface area contributed by atoms with Gasteiger partial charge in [-0.25, -0.2) is 8.42 Å². The molecule has 2 unspecified atom stereocenters. The summed E-state index contributed by atoms with van der Waals surface area (Å²) in [5, 5.41) is -0.996. The highest BCUT2D eigenvalue weighted by Gasteiger charge is 2.61. The topological polar surface area (TPSA) is 43.4 Å². The average molecular weight is 368 g/mol. The van der Waals surface area contributed by atoms with Crippen LogP contribution in [0.5, 0.6) is 5.75 Å². The van der Waals surface area contributed by atoms with Crippen molar-refractivity contribution in [2.45, 2.75) is 42.0 Å². The first-order chi connectivity index (χ1) is 11.0. The summed E-state index contributed by atoms with van der Waals surface area (Å²) in [7, 11) is -3.14. The summed E-state index contributed by atoms with van der Waals surface area (Å²) in [6.45, 7) is 0. The highest BCUT2D eigenvalue weighted by molar-refractivity contribution is 7.93. The zero-order valence-corrected chi connectivity index (χ0v) is 13.0. The molecule has 3 rings (SSSR count). The number of sulfone groups is 1. The SMILES string of the molecule is O=S1(=O)C2C=C(c3ccc(OC(F)(F)C(F)(F)F)cc3)CC1CC2. The van der Waals surface area contributed by atoms with Gasteiger partial charge in [-0.2, -0.15) is 22.0 Å². The monoisotopic (exact) mass is 368 g/mol. The van der Waals surface area contributed by atoms with Gasteiger partial charge in [-0.05, 0) is 42.5 Å². The third kappa shape index (κ3) is 2.89.